The van der Waals surface area contributed by atoms with E-state index in [1.807, 2.05) is 6.07 Å². The Hall–Kier alpha value is -1.52. The van der Waals surface area contributed by atoms with Gasteiger partial charge in [-0.2, -0.15) is 0 Å². The maximum atomic E-state index is 12.5. The van der Waals surface area contributed by atoms with Gasteiger partial charge in [0.2, 0.25) is 0 Å². The Kier molecular flexibility index (Phi) is 2.67. The molecule has 26 heavy (non-hydrogen) atoms. The highest BCUT2D eigenvalue weighted by Crippen LogP contribution is 2.66. The van der Waals surface area contributed by atoms with E-state index in [0.717, 1.165) is 53.8 Å². The second-order valence-corrected chi connectivity index (χ2v) is 9.78. The van der Waals surface area contributed by atoms with Crippen molar-refractivity contribution in [3.05, 3.63) is 35.4 Å². The number of likely N-dealkylation sites (N-methyl/N-ethyl adjacent to an activating group) is 1. The Morgan fingerprint density at radius 2 is 2.15 bits per heavy atom. The van der Waals surface area contributed by atoms with Gasteiger partial charge in [-0.25, -0.2) is 0 Å². The van der Waals surface area contributed by atoms with Crippen molar-refractivity contribution in [2.45, 2.75) is 61.7 Å². The zero-order valence-corrected chi connectivity index (χ0v) is 15.5. The van der Waals surface area contributed by atoms with Crippen molar-refractivity contribution >= 4 is 0 Å². The van der Waals surface area contributed by atoms with Gasteiger partial charge in [-0.05, 0) is 36.8 Å². The SMILES string of the molecule is C=C1CC[C@@]2(O)[C@H]3Cc4ccc([O-])c5c4[C@@]2(CC[N+]3(C)CC2CC2)[C@H]1O5. The third-order valence-electron chi connectivity index (χ3n) is 8.41. The molecule has 5 aliphatic rings. The summed E-state index contributed by atoms with van der Waals surface area (Å²) in [5.74, 6) is 1.29. The number of rotatable bonds is 2. The number of piperidine rings is 1. The van der Waals surface area contributed by atoms with Gasteiger partial charge in [0.1, 0.15) is 23.5 Å². The van der Waals surface area contributed by atoms with Crippen molar-refractivity contribution in [3.63, 3.8) is 0 Å². The van der Waals surface area contributed by atoms with E-state index in [0.29, 0.717) is 5.75 Å². The van der Waals surface area contributed by atoms with Crippen LogP contribution in [0.1, 0.15) is 43.2 Å². The van der Waals surface area contributed by atoms with Gasteiger partial charge in [0.25, 0.3) is 0 Å². The molecule has 3 aliphatic carbocycles. The van der Waals surface area contributed by atoms with Crippen molar-refractivity contribution in [3.8, 4) is 11.5 Å². The summed E-state index contributed by atoms with van der Waals surface area (Å²) in [6, 6.07) is 3.86. The summed E-state index contributed by atoms with van der Waals surface area (Å²) in [6.45, 7) is 6.51. The quantitative estimate of drug-likeness (QED) is 0.654. The zero-order chi connectivity index (χ0) is 17.9. The molecule has 6 rings (SSSR count). The van der Waals surface area contributed by atoms with Gasteiger partial charge in [0, 0.05) is 24.3 Å². The van der Waals surface area contributed by atoms with Gasteiger partial charge in [0.15, 0.2) is 0 Å². The van der Waals surface area contributed by atoms with Crippen molar-refractivity contribution in [1.29, 1.82) is 0 Å². The molecule has 0 aromatic heterocycles. The Morgan fingerprint density at radius 1 is 1.35 bits per heavy atom. The molecule has 3 fully saturated rings. The zero-order valence-electron chi connectivity index (χ0n) is 15.5. The van der Waals surface area contributed by atoms with Gasteiger partial charge in [0.05, 0.1) is 25.6 Å². The molecule has 1 spiro atoms. The van der Waals surface area contributed by atoms with Crippen molar-refractivity contribution < 1.29 is 19.4 Å². The van der Waals surface area contributed by atoms with Crippen LogP contribution in [0.25, 0.3) is 0 Å². The molecule has 1 unspecified atom stereocenters. The summed E-state index contributed by atoms with van der Waals surface area (Å²) >= 11 is 0. The summed E-state index contributed by atoms with van der Waals surface area (Å²) < 4.78 is 7.24. The van der Waals surface area contributed by atoms with Crippen LogP contribution in [0, 0.1) is 5.92 Å². The first-order valence-corrected chi connectivity index (χ1v) is 10.1. The van der Waals surface area contributed by atoms with E-state index in [1.54, 1.807) is 6.07 Å². The monoisotopic (exact) mass is 353 g/mol. The molecule has 2 saturated carbocycles. The van der Waals surface area contributed by atoms with Crippen molar-refractivity contribution in [2.24, 2.45) is 5.92 Å². The van der Waals surface area contributed by atoms with E-state index in [4.69, 9.17) is 4.74 Å². The van der Waals surface area contributed by atoms with Gasteiger partial charge in [-0.15, -0.1) is 0 Å². The highest BCUT2D eigenvalue weighted by molar-refractivity contribution is 5.63. The Morgan fingerprint density at radius 3 is 2.92 bits per heavy atom. The average molecular weight is 353 g/mol. The van der Waals surface area contributed by atoms with Crippen LogP contribution < -0.4 is 9.84 Å². The van der Waals surface area contributed by atoms with Gasteiger partial charge < -0.3 is 19.4 Å². The lowest BCUT2D eigenvalue weighted by Crippen LogP contribution is -2.80. The van der Waals surface area contributed by atoms with Crippen LogP contribution in [0.4, 0.5) is 0 Å². The first-order valence-electron chi connectivity index (χ1n) is 10.1. The molecule has 0 radical (unpaired) electrons. The van der Waals surface area contributed by atoms with Crippen LogP contribution in [0.2, 0.25) is 0 Å². The highest BCUT2D eigenvalue weighted by atomic mass is 16.5. The molecular formula is C22H27NO3. The van der Waals surface area contributed by atoms with Gasteiger partial charge >= 0.3 is 0 Å². The summed E-state index contributed by atoms with van der Waals surface area (Å²) in [5.41, 5.74) is 2.05. The lowest BCUT2D eigenvalue weighted by atomic mass is 9.48. The molecule has 1 aromatic carbocycles. The minimum absolute atomic E-state index is 0.0399. The number of ether oxygens (including phenoxy) is 1. The predicted octanol–water partition coefficient (Wildman–Crippen LogP) is 2.03. The van der Waals surface area contributed by atoms with E-state index >= 15 is 0 Å². The van der Waals surface area contributed by atoms with Crippen LogP contribution in [-0.4, -0.2) is 47.5 Å². The number of quaternary nitrogens is 1. The highest BCUT2D eigenvalue weighted by Gasteiger charge is 2.75. The minimum Gasteiger partial charge on any atom is -0.870 e. The first-order chi connectivity index (χ1) is 12.4. The van der Waals surface area contributed by atoms with Crippen molar-refractivity contribution in [2.75, 3.05) is 20.1 Å². The molecule has 4 heteroatoms. The maximum absolute atomic E-state index is 12.5. The second-order valence-electron chi connectivity index (χ2n) is 9.78. The summed E-state index contributed by atoms with van der Waals surface area (Å²) in [6.07, 6.45) is 5.72. The van der Waals surface area contributed by atoms with Crippen LogP contribution in [0.5, 0.6) is 11.5 Å². The smallest absolute Gasteiger partial charge is 0.132 e. The molecule has 1 N–H and O–H groups in total. The van der Waals surface area contributed by atoms with E-state index in [2.05, 4.69) is 13.6 Å². The standard InChI is InChI=1S/C22H27NO3/c1-13-7-8-22(25)17-11-15-5-6-16(24)19-18(15)21(22,20(13)26-19)9-10-23(17,2)12-14-3-4-14/h5-6,14,17,20,25H,1,3-4,7-12H2,2H3/t17-,20+,21+,22-,23?/m1/s1. The molecule has 2 aliphatic heterocycles. The number of aliphatic hydroxyl groups is 1. The number of hydrogen-bond donors (Lipinski definition) is 1. The predicted molar refractivity (Wildman–Crippen MR) is 96.1 cm³/mol. The van der Waals surface area contributed by atoms with Crippen LogP contribution in [-0.2, 0) is 11.8 Å². The molecule has 0 amide bonds. The first kappa shape index (κ1) is 15.5. The fourth-order valence-corrected chi connectivity index (χ4v) is 7.06. The largest absolute Gasteiger partial charge is 0.870 e. The molecule has 5 atom stereocenters. The van der Waals surface area contributed by atoms with Gasteiger partial charge in [-0.1, -0.05) is 24.5 Å². The fraction of sp³-hybridized carbons (Fsp3) is 0.636. The lowest BCUT2D eigenvalue weighted by molar-refractivity contribution is -0.950. The summed E-state index contributed by atoms with van der Waals surface area (Å²) in [7, 11) is 2.36. The molecule has 2 bridgehead atoms. The van der Waals surface area contributed by atoms with E-state index < -0.39 is 11.0 Å². The number of nitrogens with zero attached hydrogens (tertiary/aromatic N) is 1. The molecule has 4 nitrogen and oxygen atoms in total. The lowest BCUT2D eigenvalue weighted by Gasteiger charge is -2.65. The molecule has 1 saturated heterocycles. The topological polar surface area (TPSA) is 52.5 Å². The van der Waals surface area contributed by atoms with E-state index in [-0.39, 0.29) is 17.9 Å². The number of likely N-dealkylation sites (tertiary alicyclic amines) is 1. The van der Waals surface area contributed by atoms with Crippen LogP contribution in [0.3, 0.4) is 0 Å². The van der Waals surface area contributed by atoms with Gasteiger partial charge in [-0.3, -0.25) is 0 Å². The number of benzene rings is 1. The van der Waals surface area contributed by atoms with Crippen molar-refractivity contribution in [1.82, 2.24) is 0 Å². The molecule has 2 heterocycles. The van der Waals surface area contributed by atoms with Crippen LogP contribution >= 0.6 is 0 Å². The molecule has 1 aromatic rings. The molecular weight excluding hydrogens is 326 g/mol. The van der Waals surface area contributed by atoms with E-state index in [9.17, 15) is 10.2 Å². The summed E-state index contributed by atoms with van der Waals surface area (Å²) in [4.78, 5) is 0. The Labute approximate surface area is 154 Å². The third-order valence-corrected chi connectivity index (χ3v) is 8.41. The minimum atomic E-state index is -0.799. The fourth-order valence-electron chi connectivity index (χ4n) is 7.06. The molecule has 138 valence electrons. The maximum Gasteiger partial charge on any atom is 0.132 e. The Bertz CT molecular complexity index is 846. The summed E-state index contributed by atoms with van der Waals surface area (Å²) in [5, 5.41) is 24.8. The average Bonchev–Trinajstić information content (AvgIpc) is 3.32. The number of hydrogen-bond acceptors (Lipinski definition) is 3. The van der Waals surface area contributed by atoms with E-state index in [1.165, 1.54) is 24.9 Å². The van der Waals surface area contributed by atoms with Crippen LogP contribution in [0.15, 0.2) is 24.3 Å². The third kappa shape index (κ3) is 1.56. The second kappa shape index (κ2) is 4.48. The Balaban J connectivity index is 1.60. The normalized spacial score (nSPS) is 45.2.